The fraction of sp³-hybridized carbons (Fsp3) is 0.267. The maximum absolute atomic E-state index is 12.3. The summed E-state index contributed by atoms with van der Waals surface area (Å²) in [4.78, 5) is 4.13. The van der Waals surface area contributed by atoms with Gasteiger partial charge < -0.3 is 9.47 Å². The first-order chi connectivity index (χ1) is 10.6. The van der Waals surface area contributed by atoms with Crippen LogP contribution < -0.4 is 14.2 Å². The van der Waals surface area contributed by atoms with Crippen LogP contribution in [0.4, 0.5) is 0 Å². The van der Waals surface area contributed by atoms with Crippen molar-refractivity contribution in [1.82, 2.24) is 9.71 Å². The lowest BCUT2D eigenvalue weighted by atomic mass is 10.2. The third-order valence-corrected chi connectivity index (χ3v) is 4.55. The van der Waals surface area contributed by atoms with Gasteiger partial charge >= 0.3 is 0 Å². The second-order valence-corrected chi connectivity index (χ2v) is 6.29. The number of pyridine rings is 1. The quantitative estimate of drug-likeness (QED) is 0.838. The SMILES string of the molecule is COc1ccc(S(=O)(=O)NCCc2cccnc2)cc1OC. The predicted octanol–water partition coefficient (Wildman–Crippen LogP) is 1.62. The van der Waals surface area contributed by atoms with Crippen LogP contribution in [0.3, 0.4) is 0 Å². The lowest BCUT2D eigenvalue weighted by Gasteiger charge is -2.11. The molecule has 2 rings (SSSR count). The maximum atomic E-state index is 12.3. The molecular weight excluding hydrogens is 304 g/mol. The number of hydrogen-bond acceptors (Lipinski definition) is 5. The standard InChI is InChI=1S/C15H18N2O4S/c1-20-14-6-5-13(10-15(14)21-2)22(18,19)17-9-7-12-4-3-8-16-11-12/h3-6,8,10-11,17H,7,9H2,1-2H3. The third kappa shape index (κ3) is 3.96. The summed E-state index contributed by atoms with van der Waals surface area (Å²) >= 11 is 0. The molecule has 22 heavy (non-hydrogen) atoms. The molecule has 1 N–H and O–H groups in total. The van der Waals surface area contributed by atoms with Crippen LogP contribution in [0.25, 0.3) is 0 Å². The third-order valence-electron chi connectivity index (χ3n) is 3.09. The molecular formula is C15H18N2O4S. The molecule has 1 aromatic heterocycles. The Morgan fingerprint density at radius 3 is 2.55 bits per heavy atom. The lowest BCUT2D eigenvalue weighted by Crippen LogP contribution is -2.26. The van der Waals surface area contributed by atoms with Crippen LogP contribution in [0.1, 0.15) is 5.56 Å². The molecule has 0 spiro atoms. The number of aromatic nitrogens is 1. The molecule has 0 aliphatic heterocycles. The van der Waals surface area contributed by atoms with Gasteiger partial charge in [0.1, 0.15) is 0 Å². The Morgan fingerprint density at radius 2 is 1.91 bits per heavy atom. The van der Waals surface area contributed by atoms with Crippen LogP contribution in [0.2, 0.25) is 0 Å². The van der Waals surface area contributed by atoms with Crippen LogP contribution in [-0.4, -0.2) is 34.2 Å². The van der Waals surface area contributed by atoms with E-state index in [0.717, 1.165) is 5.56 Å². The van der Waals surface area contributed by atoms with Crippen molar-refractivity contribution >= 4 is 10.0 Å². The normalized spacial score (nSPS) is 11.2. The van der Waals surface area contributed by atoms with Crippen LogP contribution in [0.5, 0.6) is 11.5 Å². The number of rotatable bonds is 7. The summed E-state index contributed by atoms with van der Waals surface area (Å²) in [6.45, 7) is 0.294. The lowest BCUT2D eigenvalue weighted by molar-refractivity contribution is 0.354. The van der Waals surface area contributed by atoms with Gasteiger partial charge in [-0.1, -0.05) is 6.07 Å². The topological polar surface area (TPSA) is 77.5 Å². The Bertz CT molecular complexity index is 718. The summed E-state index contributed by atoms with van der Waals surface area (Å²) in [6, 6.07) is 8.20. The number of nitrogens with one attached hydrogen (secondary N) is 1. The van der Waals surface area contributed by atoms with Gasteiger partial charge in [0.25, 0.3) is 0 Å². The van der Waals surface area contributed by atoms with Crippen LogP contribution in [0, 0.1) is 0 Å². The van der Waals surface area contributed by atoms with E-state index in [0.29, 0.717) is 24.5 Å². The van der Waals surface area contributed by atoms with E-state index in [1.165, 1.54) is 26.4 Å². The molecule has 0 bridgehead atoms. The Hall–Kier alpha value is -2.12. The highest BCUT2D eigenvalue weighted by molar-refractivity contribution is 7.89. The zero-order valence-corrected chi connectivity index (χ0v) is 13.3. The number of methoxy groups -OCH3 is 2. The molecule has 0 saturated heterocycles. The Balaban J connectivity index is 2.07. The second-order valence-electron chi connectivity index (χ2n) is 4.53. The Labute approximate surface area is 130 Å². The van der Waals surface area contributed by atoms with Gasteiger partial charge in [-0.05, 0) is 30.2 Å². The minimum absolute atomic E-state index is 0.135. The number of sulfonamides is 1. The van der Waals surface area contributed by atoms with E-state index < -0.39 is 10.0 Å². The molecule has 0 amide bonds. The molecule has 6 nitrogen and oxygen atoms in total. The molecule has 0 aliphatic rings. The molecule has 0 atom stereocenters. The monoisotopic (exact) mass is 322 g/mol. The number of hydrogen-bond donors (Lipinski definition) is 1. The van der Waals surface area contributed by atoms with E-state index in [2.05, 4.69) is 9.71 Å². The van der Waals surface area contributed by atoms with Gasteiger partial charge in [-0.3, -0.25) is 4.98 Å². The molecule has 1 aromatic carbocycles. The fourth-order valence-corrected chi connectivity index (χ4v) is 2.99. The molecule has 0 aliphatic carbocycles. The number of benzene rings is 1. The molecule has 0 unspecified atom stereocenters. The minimum Gasteiger partial charge on any atom is -0.493 e. The van der Waals surface area contributed by atoms with Gasteiger partial charge in [0.05, 0.1) is 19.1 Å². The van der Waals surface area contributed by atoms with Crippen molar-refractivity contribution in [2.24, 2.45) is 0 Å². The Morgan fingerprint density at radius 1 is 1.14 bits per heavy atom. The van der Waals surface area contributed by atoms with Crippen molar-refractivity contribution in [2.75, 3.05) is 20.8 Å². The van der Waals surface area contributed by atoms with Crippen molar-refractivity contribution in [1.29, 1.82) is 0 Å². The van der Waals surface area contributed by atoms with E-state index in [9.17, 15) is 8.42 Å². The number of nitrogens with zero attached hydrogens (tertiary/aromatic N) is 1. The van der Waals surface area contributed by atoms with Gasteiger partial charge in [0.15, 0.2) is 11.5 Å². The van der Waals surface area contributed by atoms with Crippen LogP contribution in [0.15, 0.2) is 47.6 Å². The first kappa shape index (κ1) is 16.3. The van der Waals surface area contributed by atoms with Gasteiger partial charge in [0, 0.05) is 25.0 Å². The van der Waals surface area contributed by atoms with Crippen LogP contribution in [-0.2, 0) is 16.4 Å². The van der Waals surface area contributed by atoms with Crippen molar-refractivity contribution in [3.63, 3.8) is 0 Å². The number of ether oxygens (including phenoxy) is 2. The minimum atomic E-state index is -3.59. The van der Waals surface area contributed by atoms with Crippen molar-refractivity contribution in [2.45, 2.75) is 11.3 Å². The fourth-order valence-electron chi connectivity index (χ4n) is 1.94. The molecule has 1 heterocycles. The highest BCUT2D eigenvalue weighted by atomic mass is 32.2. The van der Waals surface area contributed by atoms with Gasteiger partial charge in [-0.25, -0.2) is 13.1 Å². The van der Waals surface area contributed by atoms with Gasteiger partial charge in [-0.15, -0.1) is 0 Å². The second kappa shape index (κ2) is 7.24. The van der Waals surface area contributed by atoms with Crippen molar-refractivity contribution in [3.05, 3.63) is 48.3 Å². The zero-order chi connectivity index (χ0) is 16.0. The molecule has 0 fully saturated rings. The highest BCUT2D eigenvalue weighted by Crippen LogP contribution is 2.29. The first-order valence-corrected chi connectivity index (χ1v) is 8.16. The molecule has 0 saturated carbocycles. The molecule has 2 aromatic rings. The summed E-state index contributed by atoms with van der Waals surface area (Å²) < 4.78 is 37.3. The summed E-state index contributed by atoms with van der Waals surface area (Å²) in [5, 5.41) is 0. The first-order valence-electron chi connectivity index (χ1n) is 6.67. The van der Waals surface area contributed by atoms with Crippen LogP contribution >= 0.6 is 0 Å². The summed E-state index contributed by atoms with van der Waals surface area (Å²) in [7, 11) is -0.633. The van der Waals surface area contributed by atoms with E-state index in [-0.39, 0.29) is 4.90 Å². The maximum Gasteiger partial charge on any atom is 0.240 e. The summed E-state index contributed by atoms with van der Waals surface area (Å²) in [5.41, 5.74) is 0.970. The zero-order valence-electron chi connectivity index (χ0n) is 12.4. The van der Waals surface area contributed by atoms with Crippen molar-refractivity contribution < 1.29 is 17.9 Å². The average Bonchev–Trinajstić information content (AvgIpc) is 2.55. The molecule has 7 heteroatoms. The smallest absolute Gasteiger partial charge is 0.240 e. The highest BCUT2D eigenvalue weighted by Gasteiger charge is 2.16. The van der Waals surface area contributed by atoms with E-state index in [1.54, 1.807) is 18.5 Å². The van der Waals surface area contributed by atoms with E-state index in [4.69, 9.17) is 9.47 Å². The van der Waals surface area contributed by atoms with Gasteiger partial charge in [0.2, 0.25) is 10.0 Å². The predicted molar refractivity (Wildman–Crippen MR) is 82.7 cm³/mol. The van der Waals surface area contributed by atoms with Crippen molar-refractivity contribution in [3.8, 4) is 11.5 Å². The Kier molecular flexibility index (Phi) is 5.35. The summed E-state index contributed by atoms with van der Waals surface area (Å²) in [5.74, 6) is 0.856. The molecule has 118 valence electrons. The van der Waals surface area contributed by atoms with E-state index >= 15 is 0 Å². The largest absolute Gasteiger partial charge is 0.493 e. The molecule has 0 radical (unpaired) electrons. The van der Waals surface area contributed by atoms with E-state index in [1.807, 2.05) is 12.1 Å². The average molecular weight is 322 g/mol. The summed E-state index contributed by atoms with van der Waals surface area (Å²) in [6.07, 6.45) is 3.96. The van der Waals surface area contributed by atoms with Gasteiger partial charge in [-0.2, -0.15) is 0 Å².